The third-order valence-corrected chi connectivity index (χ3v) is 5.18. The summed E-state index contributed by atoms with van der Waals surface area (Å²) in [5.41, 5.74) is 2.08. The molecular formula is C26H26O5. The van der Waals surface area contributed by atoms with Gasteiger partial charge in [0.1, 0.15) is 29.1 Å². The van der Waals surface area contributed by atoms with Crippen molar-refractivity contribution in [3.63, 3.8) is 0 Å². The summed E-state index contributed by atoms with van der Waals surface area (Å²) in [5.74, 6) is -0.105. The highest BCUT2D eigenvalue weighted by Gasteiger charge is 2.29. The normalized spacial score (nSPS) is 17.1. The van der Waals surface area contributed by atoms with Crippen LogP contribution in [-0.2, 0) is 0 Å². The zero-order chi connectivity index (χ0) is 22.6. The van der Waals surface area contributed by atoms with Crippen LogP contribution in [0.1, 0.15) is 65.5 Å². The first-order chi connectivity index (χ1) is 14.7. The molecular weight excluding hydrogens is 392 g/mol. The second-order valence-electron chi connectivity index (χ2n) is 8.08. The van der Waals surface area contributed by atoms with Crippen molar-refractivity contribution in [1.29, 1.82) is 0 Å². The molecule has 2 N–H and O–H groups in total. The zero-order valence-electron chi connectivity index (χ0n) is 17.9. The molecule has 160 valence electrons. The van der Waals surface area contributed by atoms with E-state index in [0.29, 0.717) is 28.7 Å². The summed E-state index contributed by atoms with van der Waals surface area (Å²) in [5, 5.41) is 20.6. The second-order valence-corrected chi connectivity index (χ2v) is 8.08. The molecule has 0 fully saturated rings. The minimum absolute atomic E-state index is 0.0481. The lowest BCUT2D eigenvalue weighted by molar-refractivity contribution is 0.104. The van der Waals surface area contributed by atoms with Gasteiger partial charge in [-0.25, -0.2) is 0 Å². The second kappa shape index (κ2) is 9.04. The first-order valence-corrected chi connectivity index (χ1v) is 10.1. The van der Waals surface area contributed by atoms with Gasteiger partial charge in [-0.3, -0.25) is 9.59 Å². The van der Waals surface area contributed by atoms with Crippen LogP contribution in [0.15, 0.2) is 54.1 Å². The Hall–Kier alpha value is -3.60. The van der Waals surface area contributed by atoms with E-state index in [1.165, 1.54) is 42.0 Å². The molecule has 0 amide bonds. The molecule has 2 aromatic rings. The predicted molar refractivity (Wildman–Crippen MR) is 122 cm³/mol. The van der Waals surface area contributed by atoms with Gasteiger partial charge in [-0.15, -0.1) is 0 Å². The largest absolute Gasteiger partial charge is 0.507 e. The number of hydrogen-bond donors (Lipinski definition) is 2. The van der Waals surface area contributed by atoms with E-state index >= 15 is 0 Å². The van der Waals surface area contributed by atoms with Crippen LogP contribution in [0.2, 0.25) is 0 Å². The van der Waals surface area contributed by atoms with Gasteiger partial charge in [0, 0.05) is 11.1 Å². The van der Waals surface area contributed by atoms with E-state index in [1.807, 2.05) is 13.0 Å². The molecule has 1 heterocycles. The standard InChI is InChI=1S/C26H26O5/c1-17(2)5-4-13-26(3)14-12-21-24(31-26)11-8-20(25(21)30)23(29)10-7-19-15-18(16-27)6-9-22(19)28/h5-12,14-16,28,30H,4,13H2,1-3H3/b10-7+. The number of carbonyl (C=O) groups is 2. The number of allylic oxidation sites excluding steroid dienone is 3. The minimum atomic E-state index is -0.488. The van der Waals surface area contributed by atoms with Crippen molar-refractivity contribution >= 4 is 24.2 Å². The zero-order valence-corrected chi connectivity index (χ0v) is 17.9. The number of rotatable bonds is 7. The molecule has 5 heteroatoms. The topological polar surface area (TPSA) is 83.8 Å². The van der Waals surface area contributed by atoms with Gasteiger partial charge in [-0.2, -0.15) is 0 Å². The first kappa shape index (κ1) is 22.1. The number of fused-ring (bicyclic) bond motifs is 1. The molecule has 2 aromatic carbocycles. The summed E-state index contributed by atoms with van der Waals surface area (Å²) in [7, 11) is 0. The Kier molecular flexibility index (Phi) is 6.44. The van der Waals surface area contributed by atoms with Crippen LogP contribution in [0, 0.1) is 0 Å². The van der Waals surface area contributed by atoms with Crippen LogP contribution in [0.3, 0.4) is 0 Å². The molecule has 0 saturated heterocycles. The molecule has 0 bridgehead atoms. The summed E-state index contributed by atoms with van der Waals surface area (Å²) in [6, 6.07) is 7.56. The number of phenolic OH excluding ortho intramolecular Hbond substituents is 2. The molecule has 0 radical (unpaired) electrons. The van der Waals surface area contributed by atoms with Crippen molar-refractivity contribution in [2.75, 3.05) is 0 Å². The van der Waals surface area contributed by atoms with Gasteiger partial charge in [-0.1, -0.05) is 11.6 Å². The fourth-order valence-electron chi connectivity index (χ4n) is 3.40. The molecule has 1 atom stereocenters. The Balaban J connectivity index is 1.81. The number of ether oxygens (including phenoxy) is 1. The average molecular weight is 418 g/mol. The van der Waals surface area contributed by atoms with Gasteiger partial charge in [0.25, 0.3) is 0 Å². The molecule has 31 heavy (non-hydrogen) atoms. The highest BCUT2D eigenvalue weighted by molar-refractivity contribution is 6.09. The number of ketones is 1. The fraction of sp³-hybridized carbons (Fsp3) is 0.231. The lowest BCUT2D eigenvalue weighted by atomic mass is 9.93. The summed E-state index contributed by atoms with van der Waals surface area (Å²) in [6.45, 7) is 6.10. The fourth-order valence-corrected chi connectivity index (χ4v) is 3.40. The Bertz CT molecular complexity index is 1100. The minimum Gasteiger partial charge on any atom is -0.507 e. The van der Waals surface area contributed by atoms with Crippen molar-refractivity contribution in [2.24, 2.45) is 0 Å². The van der Waals surface area contributed by atoms with Gasteiger partial charge in [0.05, 0.1) is 11.1 Å². The SMILES string of the molecule is CC(C)=CCCC1(C)C=Cc2c(ccc(C(=O)/C=C/c3cc(C=O)ccc3O)c2O)O1. The van der Waals surface area contributed by atoms with Gasteiger partial charge in [-0.05, 0) is 88.2 Å². The Morgan fingerprint density at radius 2 is 1.94 bits per heavy atom. The van der Waals surface area contributed by atoms with Crippen molar-refractivity contribution in [3.05, 3.63) is 76.4 Å². The van der Waals surface area contributed by atoms with Crippen LogP contribution in [-0.4, -0.2) is 27.9 Å². The summed E-state index contributed by atoms with van der Waals surface area (Å²) >= 11 is 0. The van der Waals surface area contributed by atoms with E-state index in [2.05, 4.69) is 19.9 Å². The van der Waals surface area contributed by atoms with Crippen LogP contribution in [0.4, 0.5) is 0 Å². The molecule has 0 saturated carbocycles. The molecule has 0 spiro atoms. The molecule has 1 aliphatic rings. The summed E-state index contributed by atoms with van der Waals surface area (Å²) < 4.78 is 6.12. The molecule has 0 aliphatic carbocycles. The molecule has 0 aromatic heterocycles. The molecule has 5 nitrogen and oxygen atoms in total. The predicted octanol–water partition coefficient (Wildman–Crippen LogP) is 5.72. The number of phenols is 2. The Morgan fingerprint density at radius 3 is 2.65 bits per heavy atom. The number of carbonyl (C=O) groups excluding carboxylic acids is 2. The monoisotopic (exact) mass is 418 g/mol. The summed E-state index contributed by atoms with van der Waals surface area (Å²) in [4.78, 5) is 23.6. The van der Waals surface area contributed by atoms with Crippen LogP contribution in [0.25, 0.3) is 12.2 Å². The van der Waals surface area contributed by atoms with Crippen LogP contribution < -0.4 is 4.74 Å². The number of aromatic hydroxyl groups is 2. The van der Waals surface area contributed by atoms with Crippen molar-refractivity contribution < 1.29 is 24.5 Å². The quantitative estimate of drug-likeness (QED) is 0.260. The van der Waals surface area contributed by atoms with Gasteiger partial charge < -0.3 is 14.9 Å². The van der Waals surface area contributed by atoms with E-state index < -0.39 is 11.4 Å². The van der Waals surface area contributed by atoms with E-state index in [4.69, 9.17) is 4.74 Å². The third kappa shape index (κ3) is 5.12. The third-order valence-electron chi connectivity index (χ3n) is 5.18. The maximum absolute atomic E-state index is 12.7. The summed E-state index contributed by atoms with van der Waals surface area (Å²) in [6.07, 6.45) is 10.8. The lowest BCUT2D eigenvalue weighted by Crippen LogP contribution is -2.31. The van der Waals surface area contributed by atoms with E-state index in [9.17, 15) is 19.8 Å². The molecule has 3 rings (SSSR count). The van der Waals surface area contributed by atoms with Crippen LogP contribution >= 0.6 is 0 Å². The van der Waals surface area contributed by atoms with Gasteiger partial charge in [0.2, 0.25) is 0 Å². The van der Waals surface area contributed by atoms with Crippen molar-refractivity contribution in [3.8, 4) is 17.2 Å². The van der Waals surface area contributed by atoms with Gasteiger partial charge in [0.15, 0.2) is 5.78 Å². The highest BCUT2D eigenvalue weighted by atomic mass is 16.5. The Morgan fingerprint density at radius 1 is 1.16 bits per heavy atom. The maximum Gasteiger partial charge on any atom is 0.189 e. The lowest BCUT2D eigenvalue weighted by Gasteiger charge is -2.32. The molecule has 1 unspecified atom stereocenters. The van der Waals surface area contributed by atoms with E-state index in [-0.39, 0.29) is 17.1 Å². The number of hydrogen-bond acceptors (Lipinski definition) is 5. The van der Waals surface area contributed by atoms with Crippen LogP contribution in [0.5, 0.6) is 17.2 Å². The van der Waals surface area contributed by atoms with Gasteiger partial charge >= 0.3 is 0 Å². The maximum atomic E-state index is 12.7. The smallest absolute Gasteiger partial charge is 0.189 e. The van der Waals surface area contributed by atoms with E-state index in [0.717, 1.165) is 12.8 Å². The van der Waals surface area contributed by atoms with E-state index in [1.54, 1.807) is 12.1 Å². The van der Waals surface area contributed by atoms with Crippen molar-refractivity contribution in [1.82, 2.24) is 0 Å². The number of benzene rings is 2. The van der Waals surface area contributed by atoms with Crippen molar-refractivity contribution in [2.45, 2.75) is 39.2 Å². The number of aldehydes is 1. The highest BCUT2D eigenvalue weighted by Crippen LogP contribution is 2.40. The molecule has 1 aliphatic heterocycles. The Labute approximate surface area is 182 Å². The first-order valence-electron chi connectivity index (χ1n) is 10.1. The average Bonchev–Trinajstić information content (AvgIpc) is 2.72.